The molecule has 0 saturated heterocycles. The standard InChI is InChI=1S/C14H24N2S4/c15-13(17)19-20-14(18)16(11-7-3-1-4-8-11)12-9-5-2-6-10-12/h11-12H,1-10H2,(H2,15,17). The first kappa shape index (κ1) is 16.8. The molecular weight excluding hydrogens is 324 g/mol. The average Bonchev–Trinajstić information content (AvgIpc) is 2.48. The zero-order chi connectivity index (χ0) is 14.4. The topological polar surface area (TPSA) is 29.3 Å². The van der Waals surface area contributed by atoms with Crippen LogP contribution >= 0.6 is 46.0 Å². The van der Waals surface area contributed by atoms with Crippen LogP contribution in [0.25, 0.3) is 0 Å². The summed E-state index contributed by atoms with van der Waals surface area (Å²) in [5.74, 6) is 0. The van der Waals surface area contributed by atoms with Gasteiger partial charge in [-0.25, -0.2) is 0 Å². The molecule has 2 aliphatic carbocycles. The Labute approximate surface area is 141 Å². The van der Waals surface area contributed by atoms with Gasteiger partial charge in [-0.2, -0.15) is 0 Å². The van der Waals surface area contributed by atoms with Crippen LogP contribution < -0.4 is 5.73 Å². The molecule has 0 aromatic heterocycles. The van der Waals surface area contributed by atoms with Gasteiger partial charge in [-0.05, 0) is 47.3 Å². The van der Waals surface area contributed by atoms with E-state index in [4.69, 9.17) is 30.2 Å². The molecule has 0 atom stereocenters. The minimum absolute atomic E-state index is 0.476. The number of nitrogens with zero attached hydrogens (tertiary/aromatic N) is 1. The van der Waals surface area contributed by atoms with Crippen LogP contribution in [0.2, 0.25) is 0 Å². The molecule has 0 heterocycles. The summed E-state index contributed by atoms with van der Waals surface area (Å²) in [7, 11) is 3.03. The van der Waals surface area contributed by atoms with Crippen molar-refractivity contribution in [3.8, 4) is 0 Å². The number of thiocarbonyl (C=S) groups is 2. The predicted molar refractivity (Wildman–Crippen MR) is 100 cm³/mol. The maximum absolute atomic E-state index is 5.71. The molecule has 114 valence electrons. The summed E-state index contributed by atoms with van der Waals surface area (Å²) >= 11 is 10.7. The van der Waals surface area contributed by atoms with Crippen molar-refractivity contribution in [3.05, 3.63) is 0 Å². The van der Waals surface area contributed by atoms with Gasteiger partial charge in [0.1, 0.15) is 8.64 Å². The van der Waals surface area contributed by atoms with Crippen molar-refractivity contribution in [3.63, 3.8) is 0 Å². The van der Waals surface area contributed by atoms with Crippen LogP contribution in [-0.4, -0.2) is 25.6 Å². The van der Waals surface area contributed by atoms with E-state index in [9.17, 15) is 0 Å². The first-order valence-corrected chi connectivity index (χ1v) is 10.6. The van der Waals surface area contributed by atoms with Gasteiger partial charge in [0.25, 0.3) is 0 Å². The zero-order valence-corrected chi connectivity index (χ0v) is 15.1. The summed E-state index contributed by atoms with van der Waals surface area (Å²) < 4.78 is 1.48. The lowest BCUT2D eigenvalue weighted by atomic mass is 9.89. The van der Waals surface area contributed by atoms with Crippen molar-refractivity contribution in [2.45, 2.75) is 76.3 Å². The molecule has 0 radical (unpaired) electrons. The van der Waals surface area contributed by atoms with Crippen LogP contribution in [0.3, 0.4) is 0 Å². The van der Waals surface area contributed by atoms with E-state index in [1.54, 1.807) is 10.8 Å². The van der Waals surface area contributed by atoms with Crippen molar-refractivity contribution < 1.29 is 0 Å². The minimum atomic E-state index is 0.476. The molecule has 2 N–H and O–H groups in total. The molecular formula is C14H24N2S4. The lowest BCUT2D eigenvalue weighted by Gasteiger charge is -2.42. The Kier molecular flexibility index (Phi) is 7.42. The van der Waals surface area contributed by atoms with Crippen LogP contribution in [0, 0.1) is 0 Å². The highest BCUT2D eigenvalue weighted by molar-refractivity contribution is 8.89. The summed E-state index contributed by atoms with van der Waals surface area (Å²) in [5.41, 5.74) is 5.59. The largest absolute Gasteiger partial charge is 0.384 e. The molecule has 2 fully saturated rings. The number of nitrogens with two attached hydrogens (primary N) is 1. The summed E-state index contributed by atoms with van der Waals surface area (Å²) in [6.07, 6.45) is 13.4. The monoisotopic (exact) mass is 348 g/mol. The third-order valence-corrected chi connectivity index (χ3v) is 7.55. The lowest BCUT2D eigenvalue weighted by Crippen LogP contribution is -2.47. The summed E-state index contributed by atoms with van der Waals surface area (Å²) in [6.45, 7) is 0. The molecule has 2 nitrogen and oxygen atoms in total. The Morgan fingerprint density at radius 3 is 1.65 bits per heavy atom. The zero-order valence-electron chi connectivity index (χ0n) is 11.9. The third-order valence-electron chi connectivity index (χ3n) is 4.34. The molecule has 0 unspecified atom stereocenters. The first-order valence-electron chi connectivity index (χ1n) is 7.64. The molecule has 0 bridgehead atoms. The van der Waals surface area contributed by atoms with E-state index in [0.29, 0.717) is 16.4 Å². The van der Waals surface area contributed by atoms with E-state index in [2.05, 4.69) is 4.90 Å². The molecule has 2 saturated carbocycles. The molecule has 0 aromatic carbocycles. The highest BCUT2D eigenvalue weighted by atomic mass is 33.1. The summed E-state index contributed by atoms with van der Waals surface area (Å²) in [4.78, 5) is 2.56. The molecule has 0 aromatic rings. The summed E-state index contributed by atoms with van der Waals surface area (Å²) in [6, 6.07) is 1.30. The van der Waals surface area contributed by atoms with E-state index in [1.807, 2.05) is 0 Å². The highest BCUT2D eigenvalue weighted by Gasteiger charge is 2.30. The molecule has 2 rings (SSSR count). The van der Waals surface area contributed by atoms with Crippen LogP contribution in [0.15, 0.2) is 0 Å². The van der Waals surface area contributed by atoms with Crippen LogP contribution in [-0.2, 0) is 0 Å². The van der Waals surface area contributed by atoms with Crippen LogP contribution in [0.4, 0.5) is 0 Å². The van der Waals surface area contributed by atoms with Crippen molar-refractivity contribution in [1.82, 2.24) is 4.90 Å². The number of hydrogen-bond donors (Lipinski definition) is 1. The highest BCUT2D eigenvalue weighted by Crippen LogP contribution is 2.35. The summed E-state index contributed by atoms with van der Waals surface area (Å²) in [5, 5.41) is 0. The second-order valence-electron chi connectivity index (χ2n) is 5.74. The Morgan fingerprint density at radius 2 is 1.25 bits per heavy atom. The second-order valence-corrected chi connectivity index (χ2v) is 9.25. The van der Waals surface area contributed by atoms with Gasteiger partial charge in [-0.3, -0.25) is 0 Å². The predicted octanol–water partition coefficient (Wildman–Crippen LogP) is 4.86. The van der Waals surface area contributed by atoms with Crippen molar-refractivity contribution in [2.24, 2.45) is 5.73 Å². The van der Waals surface area contributed by atoms with Gasteiger partial charge in [0.05, 0.1) is 0 Å². The molecule has 20 heavy (non-hydrogen) atoms. The van der Waals surface area contributed by atoms with Gasteiger partial charge in [-0.15, -0.1) is 0 Å². The average molecular weight is 349 g/mol. The van der Waals surface area contributed by atoms with Crippen LogP contribution in [0.1, 0.15) is 64.2 Å². The van der Waals surface area contributed by atoms with E-state index in [1.165, 1.54) is 75.0 Å². The van der Waals surface area contributed by atoms with Crippen molar-refractivity contribution in [2.75, 3.05) is 0 Å². The molecule has 0 spiro atoms. The van der Waals surface area contributed by atoms with Gasteiger partial charge in [0, 0.05) is 12.1 Å². The smallest absolute Gasteiger partial charge is 0.147 e. The quantitative estimate of drug-likeness (QED) is 0.566. The van der Waals surface area contributed by atoms with E-state index < -0.39 is 0 Å². The maximum atomic E-state index is 5.71. The van der Waals surface area contributed by atoms with Gasteiger partial charge in [0.15, 0.2) is 0 Å². The minimum Gasteiger partial charge on any atom is -0.384 e. The van der Waals surface area contributed by atoms with Crippen molar-refractivity contribution in [1.29, 1.82) is 0 Å². The maximum Gasteiger partial charge on any atom is 0.147 e. The Hall–Kier alpha value is 0.480. The number of rotatable bonds is 2. The van der Waals surface area contributed by atoms with Crippen molar-refractivity contribution >= 4 is 54.7 Å². The van der Waals surface area contributed by atoms with Crippen LogP contribution in [0.5, 0.6) is 0 Å². The van der Waals surface area contributed by atoms with Gasteiger partial charge in [0.2, 0.25) is 0 Å². The molecule has 2 aliphatic rings. The third kappa shape index (κ3) is 5.04. The molecule has 6 heteroatoms. The SMILES string of the molecule is NC(=S)SSC(=S)N(C1CCCCC1)C1CCCCC1. The van der Waals surface area contributed by atoms with Gasteiger partial charge >= 0.3 is 0 Å². The fraction of sp³-hybridized carbons (Fsp3) is 0.857. The molecule has 0 aliphatic heterocycles. The lowest BCUT2D eigenvalue weighted by molar-refractivity contribution is 0.164. The van der Waals surface area contributed by atoms with Gasteiger partial charge in [-0.1, -0.05) is 63.0 Å². The fourth-order valence-electron chi connectivity index (χ4n) is 3.43. The Morgan fingerprint density at radius 1 is 0.800 bits per heavy atom. The van der Waals surface area contributed by atoms with E-state index in [-0.39, 0.29) is 0 Å². The number of hydrogen-bond acceptors (Lipinski definition) is 4. The van der Waals surface area contributed by atoms with E-state index in [0.717, 1.165) is 4.32 Å². The van der Waals surface area contributed by atoms with Gasteiger partial charge < -0.3 is 10.6 Å². The second kappa shape index (κ2) is 8.81. The molecule has 0 amide bonds. The Balaban J connectivity index is 2.01. The van der Waals surface area contributed by atoms with E-state index >= 15 is 0 Å². The first-order chi connectivity index (χ1) is 9.68. The Bertz CT molecular complexity index is 318. The normalized spacial score (nSPS) is 21.6. The fourth-order valence-corrected chi connectivity index (χ4v) is 5.60.